The van der Waals surface area contributed by atoms with Crippen molar-refractivity contribution >= 4 is 21.9 Å². The Morgan fingerprint density at radius 1 is 1.03 bits per heavy atom. The van der Waals surface area contributed by atoms with Crippen LogP contribution in [-0.2, 0) is 12.5 Å². The van der Waals surface area contributed by atoms with Gasteiger partial charge in [0.15, 0.2) is 6.20 Å². The van der Waals surface area contributed by atoms with Gasteiger partial charge in [-0.3, -0.25) is 4.98 Å². The summed E-state index contributed by atoms with van der Waals surface area (Å²) in [6.45, 7) is -0.940. The lowest BCUT2D eigenvalue weighted by atomic mass is 9.84. The van der Waals surface area contributed by atoms with Gasteiger partial charge in [-0.25, -0.2) is 4.57 Å². The van der Waals surface area contributed by atoms with Crippen molar-refractivity contribution in [2.24, 2.45) is 7.05 Å². The van der Waals surface area contributed by atoms with E-state index in [9.17, 15) is 0 Å². The number of rotatable bonds is 1. The number of aromatic nitrogens is 2. The first-order valence-corrected chi connectivity index (χ1v) is 10.3. The van der Waals surface area contributed by atoms with Crippen molar-refractivity contribution in [1.29, 1.82) is 0 Å². The predicted molar refractivity (Wildman–Crippen MR) is 125 cm³/mol. The number of hydrogen-bond donors (Lipinski definition) is 0. The number of fused-ring (bicyclic) bond motifs is 7. The maximum absolute atomic E-state index is 8.51. The van der Waals surface area contributed by atoms with E-state index < -0.39 is 19.1 Å². The summed E-state index contributed by atoms with van der Waals surface area (Å²) in [6, 6.07) is 14.9. The molecule has 0 saturated carbocycles. The molecule has 0 N–H and O–H groups in total. The van der Waals surface area contributed by atoms with Crippen LogP contribution in [0.2, 0.25) is 0 Å². The first-order valence-electron chi connectivity index (χ1n) is 13.3. The van der Waals surface area contributed by atoms with Crippen molar-refractivity contribution in [3.8, 4) is 22.4 Å². The molecule has 1 unspecified atom stereocenters. The Hall–Kier alpha value is -3.46. The topological polar surface area (TPSA) is 29.9 Å². The highest BCUT2D eigenvalue weighted by molar-refractivity contribution is 6.12. The molecule has 6 rings (SSSR count). The molecule has 3 nitrogen and oxygen atoms in total. The lowest BCUT2D eigenvalue weighted by Crippen LogP contribution is -2.30. The minimum absolute atomic E-state index is 0.241. The second kappa shape index (κ2) is 6.04. The lowest BCUT2D eigenvalue weighted by molar-refractivity contribution is -0.660. The van der Waals surface area contributed by atoms with Crippen LogP contribution < -0.4 is 4.57 Å². The molecule has 1 atom stereocenters. The van der Waals surface area contributed by atoms with Gasteiger partial charge in [-0.15, -0.1) is 0 Å². The molecular weight excluding hydrogens is 380 g/mol. The molecule has 3 heterocycles. The second-order valence-corrected chi connectivity index (χ2v) is 8.54. The van der Waals surface area contributed by atoms with E-state index >= 15 is 0 Å². The summed E-state index contributed by atoms with van der Waals surface area (Å²) in [6.07, 6.45) is 3.37. The van der Waals surface area contributed by atoms with E-state index in [1.54, 1.807) is 31.5 Å². The highest BCUT2D eigenvalue weighted by Crippen LogP contribution is 2.52. The van der Waals surface area contributed by atoms with Gasteiger partial charge < -0.3 is 4.42 Å². The normalized spacial score (nSPS) is 21.0. The van der Waals surface area contributed by atoms with Crippen LogP contribution in [0.15, 0.2) is 65.3 Å². The summed E-state index contributed by atoms with van der Waals surface area (Å²) in [5.41, 5.74) is 5.14. The smallest absolute Gasteiger partial charge is 0.216 e. The largest absolute Gasteiger partial charge is 0.455 e. The van der Waals surface area contributed by atoms with Gasteiger partial charge in [-0.1, -0.05) is 24.3 Å². The van der Waals surface area contributed by atoms with E-state index in [0.717, 1.165) is 33.0 Å². The van der Waals surface area contributed by atoms with Crippen molar-refractivity contribution in [2.75, 3.05) is 0 Å². The van der Waals surface area contributed by atoms with Gasteiger partial charge in [0, 0.05) is 53.9 Å². The maximum Gasteiger partial charge on any atom is 0.216 e. The number of hydrogen-bond acceptors (Lipinski definition) is 2. The van der Waals surface area contributed by atoms with Crippen molar-refractivity contribution in [3.63, 3.8) is 0 Å². The quantitative estimate of drug-likeness (QED) is 0.299. The highest BCUT2D eigenvalue weighted by atomic mass is 16.3. The zero-order valence-electron chi connectivity index (χ0n) is 23.6. The van der Waals surface area contributed by atoms with E-state index in [1.165, 1.54) is 0 Å². The van der Waals surface area contributed by atoms with Gasteiger partial charge in [-0.2, -0.15) is 0 Å². The Morgan fingerprint density at radius 2 is 1.87 bits per heavy atom. The molecule has 2 aromatic carbocycles. The first-order chi connectivity index (χ1) is 17.3. The van der Waals surface area contributed by atoms with E-state index in [2.05, 4.69) is 4.98 Å². The van der Waals surface area contributed by atoms with Crippen LogP contribution in [-0.4, -0.2) is 4.98 Å². The van der Waals surface area contributed by atoms with Gasteiger partial charge >= 0.3 is 0 Å². The Morgan fingerprint density at radius 3 is 2.71 bits per heavy atom. The van der Waals surface area contributed by atoms with Gasteiger partial charge in [0.1, 0.15) is 18.2 Å². The number of benzene rings is 2. The standard InChI is InChI=1S/C28H25N2O/c1-16-12-14-30(5)22(15-16)23-17(2)8-9-19-20-11-10-18-21-7-6-13-29-27(21)28(3,4)24(18)26(20)31-25(19)23/h6-15H,1-5H3/q+1/i1D3,3D3. The summed E-state index contributed by atoms with van der Waals surface area (Å²) >= 11 is 0. The van der Waals surface area contributed by atoms with Crippen LogP contribution in [0, 0.1) is 13.8 Å². The summed E-state index contributed by atoms with van der Waals surface area (Å²) in [5, 5.41) is 1.66. The minimum Gasteiger partial charge on any atom is -0.455 e. The monoisotopic (exact) mass is 411 g/mol. The van der Waals surface area contributed by atoms with Crippen molar-refractivity contribution < 1.29 is 17.2 Å². The zero-order chi connectivity index (χ0) is 26.5. The molecule has 0 radical (unpaired) electrons. The molecule has 1 aliphatic carbocycles. The second-order valence-electron chi connectivity index (χ2n) is 8.54. The van der Waals surface area contributed by atoms with Gasteiger partial charge in [0.05, 0.1) is 11.3 Å². The molecule has 5 aromatic rings. The summed E-state index contributed by atoms with van der Waals surface area (Å²) < 4.78 is 57.7. The fraction of sp³-hybridized carbons (Fsp3) is 0.214. The molecule has 0 fully saturated rings. The summed E-state index contributed by atoms with van der Waals surface area (Å²) in [4.78, 5) is 4.52. The van der Waals surface area contributed by atoms with Gasteiger partial charge in [-0.05, 0) is 56.4 Å². The van der Waals surface area contributed by atoms with E-state index in [-0.39, 0.29) is 5.56 Å². The van der Waals surface area contributed by atoms with E-state index in [0.29, 0.717) is 28.1 Å². The minimum atomic E-state index is -2.37. The van der Waals surface area contributed by atoms with Crippen LogP contribution in [0.25, 0.3) is 44.3 Å². The summed E-state index contributed by atoms with van der Waals surface area (Å²) in [5.74, 6) is 0. The molecule has 0 bridgehead atoms. The van der Waals surface area contributed by atoms with Crippen LogP contribution in [0.1, 0.15) is 44.4 Å². The molecule has 0 spiro atoms. The van der Waals surface area contributed by atoms with Crippen molar-refractivity contribution in [2.45, 2.75) is 33.0 Å². The molecule has 1 aliphatic rings. The van der Waals surface area contributed by atoms with Crippen molar-refractivity contribution in [1.82, 2.24) is 4.98 Å². The Kier molecular flexibility index (Phi) is 2.54. The number of furan rings is 1. The molecule has 3 heteroatoms. The SMILES string of the molecule is [2H]C([2H])([2H])c1cc[n+](C)c(-c2c(C)ccc3c2oc2c4c(ccc23)-c2cccnc2C4(C)C([2H])([2H])[2H])c1. The molecule has 152 valence electrons. The van der Waals surface area contributed by atoms with E-state index in [4.69, 9.17) is 12.6 Å². The average molecular weight is 412 g/mol. The molecule has 31 heavy (non-hydrogen) atoms. The predicted octanol–water partition coefficient (Wildman–Crippen LogP) is 6.40. The molecule has 3 aromatic heterocycles. The third kappa shape index (κ3) is 2.35. The fourth-order valence-electron chi connectivity index (χ4n) is 5.00. The van der Waals surface area contributed by atoms with Crippen LogP contribution in [0.3, 0.4) is 0 Å². The Bertz CT molecular complexity index is 1750. The zero-order valence-corrected chi connectivity index (χ0v) is 17.6. The molecule has 0 aliphatic heterocycles. The van der Waals surface area contributed by atoms with E-state index in [1.807, 2.05) is 54.9 Å². The van der Waals surface area contributed by atoms with Gasteiger partial charge in [0.25, 0.3) is 0 Å². The molecule has 0 amide bonds. The van der Waals surface area contributed by atoms with Crippen LogP contribution in [0.5, 0.6) is 0 Å². The summed E-state index contributed by atoms with van der Waals surface area (Å²) in [7, 11) is 1.87. The fourth-order valence-corrected chi connectivity index (χ4v) is 5.00. The number of aryl methyl sites for hydroxylation is 3. The van der Waals surface area contributed by atoms with Crippen LogP contribution >= 0.6 is 0 Å². The number of pyridine rings is 2. The third-order valence-corrected chi connectivity index (χ3v) is 6.50. The average Bonchev–Trinajstić information content (AvgIpc) is 3.33. The van der Waals surface area contributed by atoms with Crippen molar-refractivity contribution in [3.05, 3.63) is 83.3 Å². The highest BCUT2D eigenvalue weighted by Gasteiger charge is 2.40. The lowest BCUT2D eigenvalue weighted by Gasteiger charge is -2.20. The van der Waals surface area contributed by atoms with Gasteiger partial charge in [0.2, 0.25) is 5.69 Å². The molecular formula is C28H25N2O+. The number of nitrogens with zero attached hydrogens (tertiary/aromatic N) is 2. The van der Waals surface area contributed by atoms with Crippen LogP contribution in [0.4, 0.5) is 0 Å². The third-order valence-electron chi connectivity index (χ3n) is 6.50. The first kappa shape index (κ1) is 13.1. The maximum atomic E-state index is 8.51. The molecule has 0 saturated heterocycles. The Labute approximate surface area is 190 Å². The Balaban J connectivity index is 1.73.